The summed E-state index contributed by atoms with van der Waals surface area (Å²) < 4.78 is 5.37. The Morgan fingerprint density at radius 1 is 0.903 bits per heavy atom. The van der Waals surface area contributed by atoms with Gasteiger partial charge in [0.05, 0.1) is 24.6 Å². The fourth-order valence-corrected chi connectivity index (χ4v) is 3.41. The summed E-state index contributed by atoms with van der Waals surface area (Å²) in [6.45, 7) is 1.70. The Hall–Kier alpha value is -4.01. The number of benzene rings is 1. The zero-order valence-corrected chi connectivity index (χ0v) is 17.1. The van der Waals surface area contributed by atoms with Crippen LogP contribution in [-0.4, -0.2) is 69.9 Å². The highest BCUT2D eigenvalue weighted by molar-refractivity contribution is 5.99. The van der Waals surface area contributed by atoms with Crippen molar-refractivity contribution in [2.24, 2.45) is 0 Å². The van der Waals surface area contributed by atoms with E-state index < -0.39 is 0 Å². The van der Waals surface area contributed by atoms with Gasteiger partial charge in [-0.15, -0.1) is 0 Å². The van der Waals surface area contributed by atoms with E-state index in [1.165, 1.54) is 18.6 Å². The van der Waals surface area contributed by atoms with Gasteiger partial charge in [-0.1, -0.05) is 12.1 Å². The Morgan fingerprint density at radius 3 is 2.35 bits per heavy atom. The largest absolute Gasteiger partial charge is 0.495 e. The molecule has 0 saturated carbocycles. The Morgan fingerprint density at radius 2 is 1.65 bits per heavy atom. The van der Waals surface area contributed by atoms with E-state index in [1.807, 2.05) is 24.3 Å². The number of carbonyl (C=O) groups excluding carboxylic acids is 2. The summed E-state index contributed by atoms with van der Waals surface area (Å²) in [6, 6.07) is 10.9. The Kier molecular flexibility index (Phi) is 6.02. The van der Waals surface area contributed by atoms with Crippen molar-refractivity contribution in [3.05, 3.63) is 72.4 Å². The Bertz CT molecular complexity index is 1070. The molecule has 1 aromatic carbocycles. The second kappa shape index (κ2) is 9.21. The van der Waals surface area contributed by atoms with Gasteiger partial charge in [0.1, 0.15) is 17.3 Å². The molecule has 0 radical (unpaired) electrons. The van der Waals surface area contributed by atoms with Gasteiger partial charge in [-0.2, -0.15) is 0 Å². The summed E-state index contributed by atoms with van der Waals surface area (Å²) in [7, 11) is 1.59. The molecule has 1 N–H and O–H groups in total. The Labute approximate surface area is 179 Å². The molecule has 0 spiro atoms. The number of anilines is 2. The first-order chi connectivity index (χ1) is 15.2. The van der Waals surface area contributed by atoms with Crippen LogP contribution in [0.4, 0.5) is 11.5 Å². The van der Waals surface area contributed by atoms with Gasteiger partial charge in [0.15, 0.2) is 0 Å². The predicted molar refractivity (Wildman–Crippen MR) is 114 cm³/mol. The van der Waals surface area contributed by atoms with Crippen LogP contribution in [0.2, 0.25) is 0 Å². The number of methoxy groups -OCH3 is 1. The molecule has 2 amide bonds. The van der Waals surface area contributed by atoms with Crippen LogP contribution in [0.25, 0.3) is 0 Å². The third kappa shape index (κ3) is 4.45. The van der Waals surface area contributed by atoms with Gasteiger partial charge in [-0.05, 0) is 24.3 Å². The first kappa shape index (κ1) is 20.3. The standard InChI is InChI=1S/C22H22N6O3/c1-31-19-7-3-2-6-17(19)26-20-16(5-4-8-25-20)21(29)27-11-13-28(14-12-27)22(30)18-15-23-9-10-24-18/h2-10,15H,11-14H2,1H3,(H,25,26). The van der Waals surface area contributed by atoms with Crippen LogP contribution in [-0.2, 0) is 0 Å². The fourth-order valence-electron chi connectivity index (χ4n) is 3.41. The molecule has 1 saturated heterocycles. The van der Waals surface area contributed by atoms with E-state index in [2.05, 4.69) is 20.3 Å². The maximum absolute atomic E-state index is 13.2. The average molecular weight is 418 g/mol. The van der Waals surface area contributed by atoms with Gasteiger partial charge in [0.25, 0.3) is 11.8 Å². The number of nitrogens with zero attached hydrogens (tertiary/aromatic N) is 5. The number of para-hydroxylation sites is 2. The maximum atomic E-state index is 13.2. The lowest BCUT2D eigenvalue weighted by Crippen LogP contribution is -2.50. The van der Waals surface area contributed by atoms with Crippen molar-refractivity contribution in [1.82, 2.24) is 24.8 Å². The van der Waals surface area contributed by atoms with Gasteiger partial charge < -0.3 is 19.9 Å². The van der Waals surface area contributed by atoms with Crippen LogP contribution in [0.3, 0.4) is 0 Å². The van der Waals surface area contributed by atoms with Crippen LogP contribution in [0.15, 0.2) is 61.2 Å². The van der Waals surface area contributed by atoms with Gasteiger partial charge in [-0.25, -0.2) is 9.97 Å². The number of hydrogen-bond donors (Lipinski definition) is 1. The van der Waals surface area contributed by atoms with Crippen molar-refractivity contribution in [2.45, 2.75) is 0 Å². The summed E-state index contributed by atoms with van der Waals surface area (Å²) in [5.74, 6) is 0.787. The van der Waals surface area contributed by atoms with E-state index in [0.717, 1.165) is 5.69 Å². The van der Waals surface area contributed by atoms with Gasteiger partial charge >= 0.3 is 0 Å². The second-order valence-corrected chi connectivity index (χ2v) is 6.90. The molecule has 0 atom stereocenters. The van der Waals surface area contributed by atoms with E-state index in [4.69, 9.17) is 4.74 Å². The van der Waals surface area contributed by atoms with E-state index in [0.29, 0.717) is 49.0 Å². The van der Waals surface area contributed by atoms with Crippen LogP contribution in [0.1, 0.15) is 20.8 Å². The molecular formula is C22H22N6O3. The molecule has 4 rings (SSSR count). The highest BCUT2D eigenvalue weighted by Gasteiger charge is 2.27. The zero-order chi connectivity index (χ0) is 21.6. The van der Waals surface area contributed by atoms with Crippen LogP contribution < -0.4 is 10.1 Å². The fraction of sp³-hybridized carbons (Fsp3) is 0.227. The molecule has 1 aliphatic rings. The number of nitrogens with one attached hydrogen (secondary N) is 1. The molecule has 158 valence electrons. The SMILES string of the molecule is COc1ccccc1Nc1ncccc1C(=O)N1CCN(C(=O)c2cnccn2)CC1. The minimum atomic E-state index is -0.180. The number of hydrogen-bond acceptors (Lipinski definition) is 7. The lowest BCUT2D eigenvalue weighted by atomic mass is 10.2. The molecule has 2 aromatic heterocycles. The zero-order valence-electron chi connectivity index (χ0n) is 17.1. The number of amides is 2. The van der Waals surface area contributed by atoms with Crippen molar-refractivity contribution in [3.63, 3.8) is 0 Å². The molecule has 9 nitrogen and oxygen atoms in total. The van der Waals surface area contributed by atoms with Crippen molar-refractivity contribution < 1.29 is 14.3 Å². The van der Waals surface area contributed by atoms with Gasteiger partial charge in [-0.3, -0.25) is 14.6 Å². The summed E-state index contributed by atoms with van der Waals surface area (Å²) in [4.78, 5) is 41.5. The summed E-state index contributed by atoms with van der Waals surface area (Å²) in [5.41, 5.74) is 1.48. The molecule has 0 bridgehead atoms. The smallest absolute Gasteiger partial charge is 0.274 e. The molecule has 1 aliphatic heterocycles. The number of rotatable bonds is 5. The predicted octanol–water partition coefficient (Wildman–Crippen LogP) is 2.22. The van der Waals surface area contributed by atoms with Crippen LogP contribution in [0, 0.1) is 0 Å². The molecule has 3 heterocycles. The van der Waals surface area contributed by atoms with E-state index in [9.17, 15) is 9.59 Å². The maximum Gasteiger partial charge on any atom is 0.274 e. The van der Waals surface area contributed by atoms with Crippen LogP contribution >= 0.6 is 0 Å². The minimum Gasteiger partial charge on any atom is -0.495 e. The molecule has 3 aromatic rings. The number of piperazine rings is 1. The molecule has 9 heteroatoms. The van der Waals surface area contributed by atoms with E-state index >= 15 is 0 Å². The number of aromatic nitrogens is 3. The highest BCUT2D eigenvalue weighted by Crippen LogP contribution is 2.28. The number of carbonyl (C=O) groups is 2. The molecular weight excluding hydrogens is 396 g/mol. The van der Waals surface area contributed by atoms with Crippen molar-refractivity contribution in [2.75, 3.05) is 38.6 Å². The summed E-state index contributed by atoms with van der Waals surface area (Å²) in [5, 5.41) is 3.20. The minimum absolute atomic E-state index is 0.142. The second-order valence-electron chi connectivity index (χ2n) is 6.90. The van der Waals surface area contributed by atoms with Gasteiger partial charge in [0.2, 0.25) is 0 Å². The molecule has 0 aliphatic carbocycles. The van der Waals surface area contributed by atoms with Crippen LogP contribution in [0.5, 0.6) is 5.75 Å². The first-order valence-corrected chi connectivity index (χ1v) is 9.87. The molecule has 1 fully saturated rings. The molecule has 0 unspecified atom stereocenters. The average Bonchev–Trinajstić information content (AvgIpc) is 2.84. The van der Waals surface area contributed by atoms with Gasteiger partial charge in [0, 0.05) is 44.8 Å². The lowest BCUT2D eigenvalue weighted by Gasteiger charge is -2.34. The van der Waals surface area contributed by atoms with Crippen molar-refractivity contribution >= 4 is 23.3 Å². The first-order valence-electron chi connectivity index (χ1n) is 9.87. The van der Waals surface area contributed by atoms with E-state index in [-0.39, 0.29) is 11.8 Å². The monoisotopic (exact) mass is 418 g/mol. The third-order valence-electron chi connectivity index (χ3n) is 5.03. The summed E-state index contributed by atoms with van der Waals surface area (Å²) >= 11 is 0. The topological polar surface area (TPSA) is 101 Å². The third-order valence-corrected chi connectivity index (χ3v) is 5.03. The normalized spacial score (nSPS) is 13.6. The quantitative estimate of drug-likeness (QED) is 0.678. The van der Waals surface area contributed by atoms with Crippen molar-refractivity contribution in [3.8, 4) is 5.75 Å². The summed E-state index contributed by atoms with van der Waals surface area (Å²) in [6.07, 6.45) is 6.10. The van der Waals surface area contributed by atoms with Crippen molar-refractivity contribution in [1.29, 1.82) is 0 Å². The number of ether oxygens (including phenoxy) is 1. The lowest BCUT2D eigenvalue weighted by molar-refractivity contribution is 0.0532. The Balaban J connectivity index is 1.46. The van der Waals surface area contributed by atoms with E-state index in [1.54, 1.807) is 35.2 Å². The molecule has 31 heavy (non-hydrogen) atoms. The number of pyridine rings is 1. The highest BCUT2D eigenvalue weighted by atomic mass is 16.5.